The van der Waals surface area contributed by atoms with Crippen LogP contribution in [0.25, 0.3) is 0 Å². The van der Waals surface area contributed by atoms with Gasteiger partial charge in [-0.2, -0.15) is 0 Å². The first-order valence-corrected chi connectivity index (χ1v) is 9.77. The molecule has 0 spiro atoms. The van der Waals surface area contributed by atoms with E-state index in [1.165, 1.54) is 24.3 Å². The van der Waals surface area contributed by atoms with Crippen LogP contribution in [0.4, 0.5) is 5.69 Å². The van der Waals surface area contributed by atoms with Crippen molar-refractivity contribution < 1.29 is 16.8 Å². The van der Waals surface area contributed by atoms with Crippen LogP contribution in [0.2, 0.25) is 0 Å². The summed E-state index contributed by atoms with van der Waals surface area (Å²) in [6.07, 6.45) is 0. The van der Waals surface area contributed by atoms with Crippen molar-refractivity contribution in [2.24, 2.45) is 5.14 Å². The molecule has 0 saturated carbocycles. The van der Waals surface area contributed by atoms with E-state index in [0.717, 1.165) is 5.56 Å². The zero-order valence-electron chi connectivity index (χ0n) is 13.0. The molecule has 0 saturated heterocycles. The van der Waals surface area contributed by atoms with Crippen LogP contribution in [-0.2, 0) is 20.0 Å². The largest absolute Gasteiger partial charge is 0.279 e. The van der Waals surface area contributed by atoms with E-state index in [0.29, 0.717) is 11.1 Å². The van der Waals surface area contributed by atoms with Crippen molar-refractivity contribution >= 4 is 25.7 Å². The van der Waals surface area contributed by atoms with Gasteiger partial charge in [0.2, 0.25) is 10.0 Å². The Bertz CT molecular complexity index is 948. The van der Waals surface area contributed by atoms with E-state index in [-0.39, 0.29) is 15.5 Å². The number of hydrogen-bond donors (Lipinski definition) is 2. The quantitative estimate of drug-likeness (QED) is 0.876. The highest BCUT2D eigenvalue weighted by Gasteiger charge is 2.18. The van der Waals surface area contributed by atoms with Gasteiger partial charge in [0.15, 0.2) is 0 Å². The molecular formula is C15H18N2O4S2. The van der Waals surface area contributed by atoms with E-state index in [2.05, 4.69) is 4.72 Å². The van der Waals surface area contributed by atoms with Crippen LogP contribution in [0.5, 0.6) is 0 Å². The Hall–Kier alpha value is -1.90. The fourth-order valence-corrected chi connectivity index (χ4v) is 3.75. The Morgan fingerprint density at radius 3 is 1.96 bits per heavy atom. The van der Waals surface area contributed by atoms with Crippen LogP contribution < -0.4 is 9.86 Å². The average molecular weight is 354 g/mol. The molecule has 0 aliphatic heterocycles. The lowest BCUT2D eigenvalue weighted by molar-refractivity contribution is 0.596. The number of sulfonamides is 2. The monoisotopic (exact) mass is 354 g/mol. The van der Waals surface area contributed by atoms with Crippen LogP contribution in [0, 0.1) is 20.8 Å². The molecule has 0 amide bonds. The Morgan fingerprint density at radius 2 is 1.43 bits per heavy atom. The number of nitrogens with two attached hydrogens (primary N) is 1. The molecule has 23 heavy (non-hydrogen) atoms. The third kappa shape index (κ3) is 3.90. The molecule has 0 aliphatic rings. The van der Waals surface area contributed by atoms with Crippen LogP contribution in [-0.4, -0.2) is 16.8 Å². The van der Waals surface area contributed by atoms with Crippen LogP contribution in [0.15, 0.2) is 46.2 Å². The normalized spacial score (nSPS) is 12.2. The maximum atomic E-state index is 12.4. The number of rotatable bonds is 4. The van der Waals surface area contributed by atoms with E-state index in [1.807, 2.05) is 6.92 Å². The molecule has 2 aromatic carbocycles. The lowest BCUT2D eigenvalue weighted by Gasteiger charge is -2.14. The fraction of sp³-hybridized carbons (Fsp3) is 0.200. The van der Waals surface area contributed by atoms with Gasteiger partial charge < -0.3 is 0 Å². The summed E-state index contributed by atoms with van der Waals surface area (Å²) >= 11 is 0. The van der Waals surface area contributed by atoms with E-state index < -0.39 is 20.0 Å². The van der Waals surface area contributed by atoms with E-state index in [1.54, 1.807) is 26.0 Å². The van der Waals surface area contributed by atoms with Crippen LogP contribution >= 0.6 is 0 Å². The van der Waals surface area contributed by atoms with Crippen molar-refractivity contribution in [1.82, 2.24) is 0 Å². The average Bonchev–Trinajstić information content (AvgIpc) is 2.42. The summed E-state index contributed by atoms with van der Waals surface area (Å²) in [5.74, 6) is 0. The number of primary sulfonamides is 1. The Labute approximate surface area is 136 Å². The molecule has 0 fully saturated rings. The molecule has 8 heteroatoms. The first kappa shape index (κ1) is 17.5. The summed E-state index contributed by atoms with van der Waals surface area (Å²) in [4.78, 5) is -0.0385. The number of benzene rings is 2. The minimum Gasteiger partial charge on any atom is -0.279 e. The molecule has 0 bridgehead atoms. The maximum Gasteiger partial charge on any atom is 0.261 e. The summed E-state index contributed by atoms with van der Waals surface area (Å²) in [5.41, 5.74) is 2.38. The molecule has 0 atom stereocenters. The SMILES string of the molecule is Cc1ccc(S(=O)(=O)Nc2cc(S(N)(=O)=O)cc(C)c2C)cc1. The number of hydrogen-bond acceptors (Lipinski definition) is 4. The highest BCUT2D eigenvalue weighted by molar-refractivity contribution is 7.92. The zero-order chi connectivity index (χ0) is 17.4. The van der Waals surface area contributed by atoms with Gasteiger partial charge >= 0.3 is 0 Å². The summed E-state index contributed by atoms with van der Waals surface area (Å²) in [6, 6.07) is 8.99. The van der Waals surface area contributed by atoms with Gasteiger partial charge in [0.25, 0.3) is 10.0 Å². The van der Waals surface area contributed by atoms with Gasteiger partial charge in [0, 0.05) is 0 Å². The fourth-order valence-electron chi connectivity index (χ4n) is 2.02. The Morgan fingerprint density at radius 1 is 0.870 bits per heavy atom. The Kier molecular flexibility index (Phi) is 4.52. The summed E-state index contributed by atoms with van der Waals surface area (Å²) < 4.78 is 50.4. The highest BCUT2D eigenvalue weighted by Crippen LogP contribution is 2.26. The van der Waals surface area contributed by atoms with Crippen molar-refractivity contribution in [1.29, 1.82) is 0 Å². The van der Waals surface area contributed by atoms with E-state index in [4.69, 9.17) is 5.14 Å². The predicted molar refractivity (Wildman–Crippen MR) is 89.3 cm³/mol. The van der Waals surface area contributed by atoms with Crippen molar-refractivity contribution in [2.45, 2.75) is 30.6 Å². The topological polar surface area (TPSA) is 106 Å². The molecule has 0 aliphatic carbocycles. The number of anilines is 1. The first-order valence-electron chi connectivity index (χ1n) is 6.74. The molecule has 0 radical (unpaired) electrons. The van der Waals surface area contributed by atoms with Crippen molar-refractivity contribution in [3.05, 3.63) is 53.1 Å². The molecule has 0 heterocycles. The lowest BCUT2D eigenvalue weighted by Crippen LogP contribution is -2.17. The van der Waals surface area contributed by atoms with Gasteiger partial charge in [-0.3, -0.25) is 4.72 Å². The van der Waals surface area contributed by atoms with Crippen molar-refractivity contribution in [3.8, 4) is 0 Å². The minimum atomic E-state index is -3.93. The number of aryl methyl sites for hydroxylation is 2. The third-order valence-corrected chi connectivity index (χ3v) is 5.82. The van der Waals surface area contributed by atoms with Gasteiger partial charge in [-0.1, -0.05) is 17.7 Å². The number of nitrogens with one attached hydrogen (secondary N) is 1. The Balaban J connectivity index is 2.51. The minimum absolute atomic E-state index is 0.0983. The van der Waals surface area contributed by atoms with Gasteiger partial charge in [-0.25, -0.2) is 22.0 Å². The standard InChI is InChI=1S/C15H18N2O4S2/c1-10-4-6-13(7-5-10)23(20,21)17-15-9-14(22(16,18)19)8-11(2)12(15)3/h4-9,17H,1-3H3,(H2,16,18,19). The first-order chi connectivity index (χ1) is 10.5. The molecular weight excluding hydrogens is 336 g/mol. The summed E-state index contributed by atoms with van der Waals surface area (Å²) in [5, 5.41) is 5.13. The molecule has 124 valence electrons. The van der Waals surface area contributed by atoms with Crippen molar-refractivity contribution in [3.63, 3.8) is 0 Å². The van der Waals surface area contributed by atoms with Crippen LogP contribution in [0.3, 0.4) is 0 Å². The molecule has 2 rings (SSSR count). The highest BCUT2D eigenvalue weighted by atomic mass is 32.2. The second-order valence-electron chi connectivity index (χ2n) is 5.38. The van der Waals surface area contributed by atoms with E-state index >= 15 is 0 Å². The molecule has 0 aromatic heterocycles. The van der Waals surface area contributed by atoms with Gasteiger partial charge in [-0.05, 0) is 56.2 Å². The second kappa shape index (κ2) is 5.95. The summed E-state index contributed by atoms with van der Waals surface area (Å²) in [7, 11) is -7.74. The van der Waals surface area contributed by atoms with Gasteiger partial charge in [0.1, 0.15) is 0 Å². The lowest BCUT2D eigenvalue weighted by atomic mass is 10.1. The zero-order valence-corrected chi connectivity index (χ0v) is 14.6. The van der Waals surface area contributed by atoms with Gasteiger partial charge in [0.05, 0.1) is 15.5 Å². The molecule has 6 nitrogen and oxygen atoms in total. The van der Waals surface area contributed by atoms with Crippen molar-refractivity contribution in [2.75, 3.05) is 4.72 Å². The molecule has 2 aromatic rings. The summed E-state index contributed by atoms with van der Waals surface area (Å²) in [6.45, 7) is 5.25. The second-order valence-corrected chi connectivity index (χ2v) is 8.62. The smallest absolute Gasteiger partial charge is 0.261 e. The van der Waals surface area contributed by atoms with Crippen LogP contribution in [0.1, 0.15) is 16.7 Å². The molecule has 0 unspecified atom stereocenters. The van der Waals surface area contributed by atoms with E-state index in [9.17, 15) is 16.8 Å². The predicted octanol–water partition coefficient (Wildman–Crippen LogP) is 2.06. The maximum absolute atomic E-state index is 12.4. The third-order valence-electron chi connectivity index (χ3n) is 3.55. The van der Waals surface area contributed by atoms with Gasteiger partial charge in [-0.15, -0.1) is 0 Å². The molecule has 3 N–H and O–H groups in total.